The van der Waals surface area contributed by atoms with Gasteiger partial charge >= 0.3 is 0 Å². The van der Waals surface area contributed by atoms with Crippen LogP contribution in [0.4, 0.5) is 0 Å². The third-order valence-electron chi connectivity index (χ3n) is 3.72. The summed E-state index contributed by atoms with van der Waals surface area (Å²) < 4.78 is 1.82. The summed E-state index contributed by atoms with van der Waals surface area (Å²) in [5.41, 5.74) is 0.692. The molecule has 1 heterocycles. The van der Waals surface area contributed by atoms with Crippen LogP contribution in [0.15, 0.2) is 27.1 Å². The molecule has 1 aliphatic rings. The number of piperidine rings is 1. The van der Waals surface area contributed by atoms with Crippen LogP contribution in [0.3, 0.4) is 0 Å². The van der Waals surface area contributed by atoms with E-state index in [9.17, 15) is 4.79 Å². The van der Waals surface area contributed by atoms with Gasteiger partial charge in [0, 0.05) is 39.7 Å². The predicted octanol–water partition coefficient (Wildman–Crippen LogP) is 3.81. The van der Waals surface area contributed by atoms with Crippen molar-refractivity contribution in [2.75, 3.05) is 13.1 Å². The first-order chi connectivity index (χ1) is 9.45. The summed E-state index contributed by atoms with van der Waals surface area (Å²) in [7, 11) is 0. The van der Waals surface area contributed by atoms with Gasteiger partial charge in [0.05, 0.1) is 0 Å². The molecule has 0 saturated carbocycles. The lowest BCUT2D eigenvalue weighted by molar-refractivity contribution is 0.0900. The van der Waals surface area contributed by atoms with Crippen LogP contribution < -0.4 is 5.32 Å². The Hall–Kier alpha value is -0.390. The van der Waals surface area contributed by atoms with Crippen LogP contribution in [0.25, 0.3) is 0 Å². The zero-order chi connectivity index (χ0) is 14.7. The van der Waals surface area contributed by atoms with Gasteiger partial charge in [0.2, 0.25) is 0 Å². The highest BCUT2D eigenvalue weighted by molar-refractivity contribution is 9.11. The first kappa shape index (κ1) is 16.0. The van der Waals surface area contributed by atoms with Crippen molar-refractivity contribution in [1.29, 1.82) is 0 Å². The fourth-order valence-corrected chi connectivity index (χ4v) is 3.81. The first-order valence-electron chi connectivity index (χ1n) is 6.96. The summed E-state index contributed by atoms with van der Waals surface area (Å²) in [6.07, 6.45) is 2.05. The summed E-state index contributed by atoms with van der Waals surface area (Å²) >= 11 is 6.83. The number of likely N-dealkylation sites (tertiary alicyclic amines) is 1. The number of hydrogen-bond donors (Lipinski definition) is 1. The Labute approximate surface area is 137 Å². The van der Waals surface area contributed by atoms with Gasteiger partial charge in [-0.15, -0.1) is 0 Å². The van der Waals surface area contributed by atoms with E-state index in [0.29, 0.717) is 11.6 Å². The van der Waals surface area contributed by atoms with E-state index >= 15 is 0 Å². The molecule has 1 fully saturated rings. The lowest BCUT2D eigenvalue weighted by Gasteiger charge is -2.34. The van der Waals surface area contributed by atoms with E-state index in [1.54, 1.807) is 0 Å². The molecule has 1 N–H and O–H groups in total. The smallest absolute Gasteiger partial charge is 0.251 e. The number of nitrogens with zero attached hydrogens (tertiary/aromatic N) is 1. The molecule has 1 saturated heterocycles. The summed E-state index contributed by atoms with van der Waals surface area (Å²) in [5.74, 6) is 0.00926. The minimum absolute atomic E-state index is 0.00926. The first-order valence-corrected chi connectivity index (χ1v) is 8.55. The average Bonchev–Trinajstić information content (AvgIpc) is 2.38. The molecule has 0 atom stereocenters. The minimum atomic E-state index is 0.00926. The third kappa shape index (κ3) is 4.30. The van der Waals surface area contributed by atoms with Gasteiger partial charge in [0.1, 0.15) is 0 Å². The number of hydrogen-bond acceptors (Lipinski definition) is 2. The van der Waals surface area contributed by atoms with Gasteiger partial charge in [-0.2, -0.15) is 0 Å². The fraction of sp³-hybridized carbons (Fsp3) is 0.533. The topological polar surface area (TPSA) is 32.3 Å². The summed E-state index contributed by atoms with van der Waals surface area (Å²) in [6.45, 7) is 6.56. The van der Waals surface area contributed by atoms with E-state index in [0.717, 1.165) is 34.9 Å². The van der Waals surface area contributed by atoms with Gasteiger partial charge in [0.15, 0.2) is 0 Å². The van der Waals surface area contributed by atoms with Gasteiger partial charge < -0.3 is 10.2 Å². The highest BCUT2D eigenvalue weighted by atomic mass is 79.9. The SMILES string of the molecule is CC(C)N1CCC(NC(=O)c2cc(Br)cc(Br)c2)CC1. The maximum atomic E-state index is 12.3. The van der Waals surface area contributed by atoms with Gasteiger partial charge in [0.25, 0.3) is 5.91 Å². The predicted molar refractivity (Wildman–Crippen MR) is 89.0 cm³/mol. The maximum absolute atomic E-state index is 12.3. The lowest BCUT2D eigenvalue weighted by Crippen LogP contribution is -2.46. The maximum Gasteiger partial charge on any atom is 0.251 e. The molecule has 0 aliphatic carbocycles. The number of amides is 1. The number of rotatable bonds is 3. The van der Waals surface area contributed by atoms with Crippen LogP contribution >= 0.6 is 31.9 Å². The van der Waals surface area contributed by atoms with E-state index in [4.69, 9.17) is 0 Å². The van der Waals surface area contributed by atoms with Crippen molar-refractivity contribution in [3.63, 3.8) is 0 Å². The quantitative estimate of drug-likeness (QED) is 0.831. The van der Waals surface area contributed by atoms with Crippen LogP contribution in [0.5, 0.6) is 0 Å². The summed E-state index contributed by atoms with van der Waals surface area (Å²) in [5, 5.41) is 3.14. The van der Waals surface area contributed by atoms with Crippen molar-refractivity contribution in [2.24, 2.45) is 0 Å². The van der Waals surface area contributed by atoms with Crippen LogP contribution in [0.2, 0.25) is 0 Å². The van der Waals surface area contributed by atoms with E-state index in [-0.39, 0.29) is 11.9 Å². The van der Waals surface area contributed by atoms with E-state index in [2.05, 4.69) is 55.9 Å². The molecule has 5 heteroatoms. The average molecular weight is 404 g/mol. The normalized spacial score (nSPS) is 17.4. The third-order valence-corrected chi connectivity index (χ3v) is 4.64. The molecule has 3 nitrogen and oxygen atoms in total. The number of halogens is 2. The molecular formula is C15H20Br2N2O. The second-order valence-electron chi connectivity index (χ2n) is 5.54. The number of benzene rings is 1. The van der Waals surface area contributed by atoms with Gasteiger partial charge in [-0.1, -0.05) is 31.9 Å². The fourth-order valence-electron chi connectivity index (χ4n) is 2.51. The van der Waals surface area contributed by atoms with E-state index < -0.39 is 0 Å². The van der Waals surface area contributed by atoms with Crippen LogP contribution in [0.1, 0.15) is 37.0 Å². The molecule has 20 heavy (non-hydrogen) atoms. The Morgan fingerprint density at radius 3 is 2.25 bits per heavy atom. The Kier molecular flexibility index (Phi) is 5.64. The van der Waals surface area contributed by atoms with Crippen molar-refractivity contribution in [3.8, 4) is 0 Å². The Morgan fingerprint density at radius 1 is 1.20 bits per heavy atom. The zero-order valence-corrected chi connectivity index (χ0v) is 15.0. The van der Waals surface area contributed by atoms with Gasteiger partial charge in [-0.3, -0.25) is 4.79 Å². The van der Waals surface area contributed by atoms with Crippen LogP contribution in [-0.4, -0.2) is 36.0 Å². The summed E-state index contributed by atoms with van der Waals surface area (Å²) in [6, 6.07) is 6.51. The van der Waals surface area contributed by atoms with Crippen LogP contribution in [0, 0.1) is 0 Å². The highest BCUT2D eigenvalue weighted by Gasteiger charge is 2.22. The molecule has 1 aliphatic heterocycles. The molecule has 0 unspecified atom stereocenters. The Balaban J connectivity index is 1.92. The van der Waals surface area contributed by atoms with Crippen molar-refractivity contribution >= 4 is 37.8 Å². The zero-order valence-electron chi connectivity index (χ0n) is 11.8. The molecular weight excluding hydrogens is 384 g/mol. The van der Waals surface area contributed by atoms with Crippen molar-refractivity contribution in [2.45, 2.75) is 38.8 Å². The highest BCUT2D eigenvalue weighted by Crippen LogP contribution is 2.20. The molecule has 0 radical (unpaired) electrons. The molecule has 110 valence electrons. The standard InChI is InChI=1S/C15H20Br2N2O/c1-10(2)19-5-3-14(4-6-19)18-15(20)11-7-12(16)9-13(17)8-11/h7-10,14H,3-6H2,1-2H3,(H,18,20). The number of nitrogens with one attached hydrogen (secondary N) is 1. The number of carbonyl (C=O) groups excluding carboxylic acids is 1. The second-order valence-corrected chi connectivity index (χ2v) is 7.37. The minimum Gasteiger partial charge on any atom is -0.349 e. The van der Waals surface area contributed by atoms with Crippen molar-refractivity contribution in [3.05, 3.63) is 32.7 Å². The van der Waals surface area contributed by atoms with E-state index in [1.807, 2.05) is 18.2 Å². The van der Waals surface area contributed by atoms with Crippen molar-refractivity contribution in [1.82, 2.24) is 10.2 Å². The Bertz CT molecular complexity index is 463. The molecule has 0 aromatic heterocycles. The second kappa shape index (κ2) is 7.05. The van der Waals surface area contributed by atoms with Gasteiger partial charge in [-0.05, 0) is 44.9 Å². The monoisotopic (exact) mass is 402 g/mol. The van der Waals surface area contributed by atoms with Gasteiger partial charge in [-0.25, -0.2) is 0 Å². The number of carbonyl (C=O) groups is 1. The van der Waals surface area contributed by atoms with E-state index in [1.165, 1.54) is 0 Å². The molecule has 0 spiro atoms. The molecule has 1 aromatic rings. The largest absolute Gasteiger partial charge is 0.349 e. The molecule has 1 aromatic carbocycles. The molecule has 0 bridgehead atoms. The molecule has 2 rings (SSSR count). The molecule has 1 amide bonds. The lowest BCUT2D eigenvalue weighted by atomic mass is 10.0. The summed E-state index contributed by atoms with van der Waals surface area (Å²) in [4.78, 5) is 14.7. The van der Waals surface area contributed by atoms with Crippen molar-refractivity contribution < 1.29 is 4.79 Å². The van der Waals surface area contributed by atoms with Crippen LogP contribution in [-0.2, 0) is 0 Å². The Morgan fingerprint density at radius 2 is 1.75 bits per heavy atom.